The van der Waals surface area contributed by atoms with Crippen molar-refractivity contribution in [1.29, 1.82) is 0 Å². The highest BCUT2D eigenvalue weighted by Crippen LogP contribution is 2.15. The van der Waals surface area contributed by atoms with Crippen LogP contribution in [0.15, 0.2) is 24.3 Å². The number of carbonyl (C=O) groups excluding carboxylic acids is 1. The van der Waals surface area contributed by atoms with Gasteiger partial charge in [-0.3, -0.25) is 4.79 Å². The van der Waals surface area contributed by atoms with Gasteiger partial charge in [0, 0.05) is 15.8 Å². The molecule has 2 N–H and O–H groups in total. The largest absolute Gasteiger partial charge is 0.326 e. The van der Waals surface area contributed by atoms with Crippen molar-refractivity contribution in [3.63, 3.8) is 0 Å². The van der Waals surface area contributed by atoms with Crippen molar-refractivity contribution in [1.82, 2.24) is 5.32 Å². The molecule has 0 bridgehead atoms. The van der Waals surface area contributed by atoms with Crippen LogP contribution in [0.4, 0.5) is 5.69 Å². The number of halogens is 1. The molecule has 1 atom stereocenters. The standard InChI is InChI=1S/C11H13IN2O/c12-9-2-1-3-10(6-9)14-11(15)8-4-5-13-7-8/h1-3,6,8,13H,4-5,7H2,(H,14,15)/t8-/m1/s1. The molecule has 1 amide bonds. The summed E-state index contributed by atoms with van der Waals surface area (Å²) >= 11 is 2.24. The van der Waals surface area contributed by atoms with Crippen molar-refractivity contribution in [2.45, 2.75) is 6.42 Å². The third-order valence-electron chi connectivity index (χ3n) is 2.52. The Balaban J connectivity index is 1.99. The minimum atomic E-state index is 0.127. The summed E-state index contributed by atoms with van der Waals surface area (Å²) in [5.74, 6) is 0.255. The quantitative estimate of drug-likeness (QED) is 0.818. The highest BCUT2D eigenvalue weighted by atomic mass is 127. The Morgan fingerprint density at radius 1 is 1.53 bits per heavy atom. The second kappa shape index (κ2) is 4.94. The van der Waals surface area contributed by atoms with Gasteiger partial charge >= 0.3 is 0 Å². The van der Waals surface area contributed by atoms with Gasteiger partial charge in [0.2, 0.25) is 5.91 Å². The zero-order valence-corrected chi connectivity index (χ0v) is 10.5. The van der Waals surface area contributed by atoms with Gasteiger partial charge < -0.3 is 10.6 Å². The van der Waals surface area contributed by atoms with Gasteiger partial charge in [-0.05, 0) is 53.8 Å². The Morgan fingerprint density at radius 3 is 3.07 bits per heavy atom. The molecule has 0 spiro atoms. The first-order valence-electron chi connectivity index (χ1n) is 5.03. The van der Waals surface area contributed by atoms with E-state index in [4.69, 9.17) is 0 Å². The molecule has 3 nitrogen and oxygen atoms in total. The summed E-state index contributed by atoms with van der Waals surface area (Å²) in [6, 6.07) is 7.85. The minimum Gasteiger partial charge on any atom is -0.326 e. The normalized spacial score (nSPS) is 20.2. The Hall–Kier alpha value is -0.620. The van der Waals surface area contributed by atoms with Crippen LogP contribution in [0.3, 0.4) is 0 Å². The maximum Gasteiger partial charge on any atom is 0.228 e. The zero-order chi connectivity index (χ0) is 10.7. The molecule has 1 saturated heterocycles. The Labute approximate surface area is 103 Å². The van der Waals surface area contributed by atoms with E-state index in [1.165, 1.54) is 0 Å². The summed E-state index contributed by atoms with van der Waals surface area (Å²) in [6.07, 6.45) is 0.940. The Kier molecular flexibility index (Phi) is 3.58. The second-order valence-corrected chi connectivity index (χ2v) is 4.93. The number of rotatable bonds is 2. The highest BCUT2D eigenvalue weighted by Gasteiger charge is 2.22. The van der Waals surface area contributed by atoms with E-state index in [0.29, 0.717) is 0 Å². The second-order valence-electron chi connectivity index (χ2n) is 3.69. The first-order valence-corrected chi connectivity index (χ1v) is 6.11. The zero-order valence-electron chi connectivity index (χ0n) is 8.29. The van der Waals surface area contributed by atoms with E-state index in [1.54, 1.807) is 0 Å². The number of hydrogen-bond acceptors (Lipinski definition) is 2. The topological polar surface area (TPSA) is 41.1 Å². The third kappa shape index (κ3) is 2.92. The Bertz CT molecular complexity index is 361. The van der Waals surface area contributed by atoms with E-state index in [1.807, 2.05) is 24.3 Å². The molecule has 0 radical (unpaired) electrons. The lowest BCUT2D eigenvalue weighted by Gasteiger charge is -2.09. The monoisotopic (exact) mass is 316 g/mol. The molecule has 0 unspecified atom stereocenters. The van der Waals surface area contributed by atoms with Crippen LogP contribution in [-0.2, 0) is 4.79 Å². The van der Waals surface area contributed by atoms with E-state index in [2.05, 4.69) is 33.2 Å². The van der Waals surface area contributed by atoms with Gasteiger partial charge in [-0.15, -0.1) is 0 Å². The SMILES string of the molecule is O=C(Nc1cccc(I)c1)[C@@H]1CCNC1. The maximum atomic E-state index is 11.8. The molecule has 1 aromatic carbocycles. The molecule has 4 heteroatoms. The van der Waals surface area contributed by atoms with Crippen molar-refractivity contribution in [3.8, 4) is 0 Å². The van der Waals surface area contributed by atoms with Gasteiger partial charge in [0.05, 0.1) is 5.92 Å². The van der Waals surface area contributed by atoms with E-state index in [0.717, 1.165) is 28.8 Å². The van der Waals surface area contributed by atoms with Crippen LogP contribution in [0.5, 0.6) is 0 Å². The minimum absolute atomic E-state index is 0.127. The smallest absolute Gasteiger partial charge is 0.228 e. The number of carbonyl (C=O) groups is 1. The fourth-order valence-electron chi connectivity index (χ4n) is 1.69. The summed E-state index contributed by atoms with van der Waals surface area (Å²) in [5, 5.41) is 6.13. The van der Waals surface area contributed by atoms with Gasteiger partial charge in [-0.2, -0.15) is 0 Å². The first-order chi connectivity index (χ1) is 7.25. The average molecular weight is 316 g/mol. The molecule has 1 fully saturated rings. The predicted molar refractivity (Wildman–Crippen MR) is 68.8 cm³/mol. The third-order valence-corrected chi connectivity index (χ3v) is 3.19. The maximum absolute atomic E-state index is 11.8. The molecule has 0 aromatic heterocycles. The lowest BCUT2D eigenvalue weighted by molar-refractivity contribution is -0.119. The van der Waals surface area contributed by atoms with Gasteiger partial charge in [0.1, 0.15) is 0 Å². The summed E-state index contributed by atoms with van der Waals surface area (Å²) in [6.45, 7) is 1.75. The first kappa shape index (κ1) is 10.9. The fourth-order valence-corrected chi connectivity index (χ4v) is 2.23. The van der Waals surface area contributed by atoms with Crippen molar-refractivity contribution in [2.24, 2.45) is 5.92 Å². The van der Waals surface area contributed by atoms with Crippen LogP contribution < -0.4 is 10.6 Å². The van der Waals surface area contributed by atoms with E-state index in [9.17, 15) is 4.79 Å². The fraction of sp³-hybridized carbons (Fsp3) is 0.364. The molecule has 1 aliphatic rings. The molecule has 1 heterocycles. The molecule has 1 aromatic rings. The number of anilines is 1. The van der Waals surface area contributed by atoms with E-state index < -0.39 is 0 Å². The molecule has 15 heavy (non-hydrogen) atoms. The van der Waals surface area contributed by atoms with Crippen LogP contribution in [-0.4, -0.2) is 19.0 Å². The van der Waals surface area contributed by atoms with Crippen molar-refractivity contribution >= 4 is 34.2 Å². The lowest BCUT2D eigenvalue weighted by Crippen LogP contribution is -2.24. The van der Waals surface area contributed by atoms with Gasteiger partial charge in [-0.1, -0.05) is 6.07 Å². The summed E-state index contributed by atoms with van der Waals surface area (Å²) in [5.41, 5.74) is 0.888. The van der Waals surface area contributed by atoms with Crippen LogP contribution >= 0.6 is 22.6 Å². The van der Waals surface area contributed by atoms with Crippen molar-refractivity contribution in [2.75, 3.05) is 18.4 Å². The number of amides is 1. The average Bonchev–Trinajstić information content (AvgIpc) is 2.70. The van der Waals surface area contributed by atoms with Crippen LogP contribution in [0.2, 0.25) is 0 Å². The molecule has 2 rings (SSSR count). The molecule has 80 valence electrons. The van der Waals surface area contributed by atoms with Crippen LogP contribution in [0, 0.1) is 9.49 Å². The molecule has 0 aliphatic carbocycles. The van der Waals surface area contributed by atoms with Crippen molar-refractivity contribution in [3.05, 3.63) is 27.8 Å². The number of hydrogen-bond donors (Lipinski definition) is 2. The summed E-state index contributed by atoms with van der Waals surface area (Å²) in [4.78, 5) is 11.8. The lowest BCUT2D eigenvalue weighted by atomic mass is 10.1. The number of benzene rings is 1. The summed E-state index contributed by atoms with van der Waals surface area (Å²) in [7, 11) is 0. The predicted octanol–water partition coefficient (Wildman–Crippen LogP) is 1.84. The van der Waals surface area contributed by atoms with E-state index >= 15 is 0 Å². The highest BCUT2D eigenvalue weighted by molar-refractivity contribution is 14.1. The molecule has 1 aliphatic heterocycles. The summed E-state index contributed by atoms with van der Waals surface area (Å²) < 4.78 is 1.13. The van der Waals surface area contributed by atoms with Gasteiger partial charge in [-0.25, -0.2) is 0 Å². The van der Waals surface area contributed by atoms with Gasteiger partial charge in [0.15, 0.2) is 0 Å². The van der Waals surface area contributed by atoms with E-state index in [-0.39, 0.29) is 11.8 Å². The van der Waals surface area contributed by atoms with Crippen LogP contribution in [0.25, 0.3) is 0 Å². The van der Waals surface area contributed by atoms with Gasteiger partial charge in [0.25, 0.3) is 0 Å². The Morgan fingerprint density at radius 2 is 2.40 bits per heavy atom. The molecule has 0 saturated carbocycles. The molecular weight excluding hydrogens is 303 g/mol. The molecular formula is C11H13IN2O. The van der Waals surface area contributed by atoms with Crippen LogP contribution in [0.1, 0.15) is 6.42 Å². The van der Waals surface area contributed by atoms with Crippen molar-refractivity contribution < 1.29 is 4.79 Å². The number of nitrogens with one attached hydrogen (secondary N) is 2.